The van der Waals surface area contributed by atoms with Crippen molar-refractivity contribution in [3.05, 3.63) is 18.7 Å². The molecule has 1 atom stereocenters. The molecule has 1 fully saturated rings. The Kier molecular flexibility index (Phi) is 5.12. The number of hydrogen-bond donors (Lipinski definition) is 3. The first-order valence-corrected chi connectivity index (χ1v) is 6.46. The minimum Gasteiger partial charge on any atom is -0.385 e. The fourth-order valence-electron chi connectivity index (χ4n) is 2.02. The van der Waals surface area contributed by atoms with Crippen LogP contribution in [0.4, 0.5) is 0 Å². The topological polar surface area (TPSA) is 71.3 Å². The number of hydrogen-bond acceptors (Lipinski definition) is 5. The first kappa shape index (κ1) is 13.5. The van der Waals surface area contributed by atoms with E-state index < -0.39 is 5.60 Å². The van der Waals surface area contributed by atoms with Crippen LogP contribution in [0.5, 0.6) is 0 Å². The normalized spacial score (nSPS) is 24.9. The molecule has 6 nitrogen and oxygen atoms in total. The van der Waals surface area contributed by atoms with Crippen molar-refractivity contribution in [2.45, 2.75) is 18.6 Å². The Hall–Kier alpha value is -0.950. The quantitative estimate of drug-likeness (QED) is 0.581. The van der Waals surface area contributed by atoms with Crippen LogP contribution in [0.3, 0.4) is 0 Å². The largest absolute Gasteiger partial charge is 0.385 e. The number of β-amino-alcohol motifs (C(OH)–C–C–N with tert-alkyl or cyclic N) is 1. The van der Waals surface area contributed by atoms with E-state index in [1.54, 1.807) is 6.20 Å². The predicted molar refractivity (Wildman–Crippen MR) is 68.4 cm³/mol. The fourth-order valence-corrected chi connectivity index (χ4v) is 2.02. The molecule has 102 valence electrons. The molecule has 2 heterocycles. The lowest BCUT2D eigenvalue weighted by molar-refractivity contribution is -0.0261. The number of aliphatic hydroxyl groups is 1. The number of aromatic nitrogens is 2. The molecule has 3 N–H and O–H groups in total. The number of ether oxygens (including phenoxy) is 1. The van der Waals surface area contributed by atoms with E-state index in [0.717, 1.165) is 26.1 Å². The van der Waals surface area contributed by atoms with Crippen molar-refractivity contribution in [2.75, 3.05) is 39.4 Å². The van der Waals surface area contributed by atoms with Crippen LogP contribution >= 0.6 is 0 Å². The van der Waals surface area contributed by atoms with Gasteiger partial charge in [0.25, 0.3) is 0 Å². The van der Waals surface area contributed by atoms with E-state index in [1.807, 2.05) is 17.1 Å². The zero-order valence-corrected chi connectivity index (χ0v) is 10.6. The summed E-state index contributed by atoms with van der Waals surface area (Å²) in [7, 11) is 0. The Bertz CT molecular complexity index is 321. The number of imidazole rings is 1. The number of aryl methyl sites for hydroxylation is 1. The molecular formula is C12H22N4O2. The van der Waals surface area contributed by atoms with Gasteiger partial charge in [-0.05, 0) is 13.0 Å². The summed E-state index contributed by atoms with van der Waals surface area (Å²) in [5, 5.41) is 16.7. The maximum Gasteiger partial charge on any atom is 0.113 e. The highest BCUT2D eigenvalue weighted by Gasteiger charge is 2.28. The predicted octanol–water partition coefficient (Wildman–Crippen LogP) is -0.786. The smallest absolute Gasteiger partial charge is 0.113 e. The van der Waals surface area contributed by atoms with Crippen LogP contribution < -0.4 is 10.6 Å². The van der Waals surface area contributed by atoms with E-state index in [4.69, 9.17) is 4.74 Å². The monoisotopic (exact) mass is 254 g/mol. The second-order valence-electron chi connectivity index (χ2n) is 4.78. The summed E-state index contributed by atoms with van der Waals surface area (Å²) in [4.78, 5) is 3.99. The van der Waals surface area contributed by atoms with Crippen molar-refractivity contribution in [3.8, 4) is 0 Å². The second-order valence-corrected chi connectivity index (χ2v) is 4.78. The third kappa shape index (κ3) is 4.38. The van der Waals surface area contributed by atoms with Crippen molar-refractivity contribution >= 4 is 0 Å². The molecule has 1 saturated heterocycles. The lowest BCUT2D eigenvalue weighted by Crippen LogP contribution is -2.50. The summed E-state index contributed by atoms with van der Waals surface area (Å²) in [6.07, 6.45) is 6.57. The maximum atomic E-state index is 10.3. The molecule has 1 aromatic heterocycles. The first-order chi connectivity index (χ1) is 8.79. The van der Waals surface area contributed by atoms with Gasteiger partial charge in [0, 0.05) is 38.6 Å². The summed E-state index contributed by atoms with van der Waals surface area (Å²) < 4.78 is 7.41. The molecule has 2 rings (SSSR count). The van der Waals surface area contributed by atoms with E-state index in [1.165, 1.54) is 0 Å². The zero-order valence-electron chi connectivity index (χ0n) is 10.6. The summed E-state index contributed by atoms with van der Waals surface area (Å²) in [5.74, 6) is 0. The summed E-state index contributed by atoms with van der Waals surface area (Å²) in [6, 6.07) is 0. The van der Waals surface area contributed by atoms with E-state index in [0.29, 0.717) is 26.3 Å². The molecule has 1 aromatic rings. The van der Waals surface area contributed by atoms with Crippen molar-refractivity contribution in [1.82, 2.24) is 20.2 Å². The minimum atomic E-state index is -0.786. The van der Waals surface area contributed by atoms with Gasteiger partial charge in [0.1, 0.15) is 5.60 Å². The molecule has 18 heavy (non-hydrogen) atoms. The zero-order chi connectivity index (χ0) is 12.7. The summed E-state index contributed by atoms with van der Waals surface area (Å²) in [6.45, 7) is 4.84. The lowest BCUT2D eigenvalue weighted by atomic mass is 10.1. The average Bonchev–Trinajstić information content (AvgIpc) is 2.78. The van der Waals surface area contributed by atoms with Crippen molar-refractivity contribution in [3.63, 3.8) is 0 Å². The van der Waals surface area contributed by atoms with E-state index in [9.17, 15) is 5.11 Å². The van der Waals surface area contributed by atoms with E-state index in [-0.39, 0.29) is 0 Å². The van der Waals surface area contributed by atoms with Gasteiger partial charge in [-0.3, -0.25) is 0 Å². The molecule has 0 spiro atoms. The molecule has 0 radical (unpaired) electrons. The number of nitrogens with zero attached hydrogens (tertiary/aromatic N) is 2. The lowest BCUT2D eigenvalue weighted by Gasteiger charge is -2.26. The van der Waals surface area contributed by atoms with E-state index in [2.05, 4.69) is 15.6 Å². The van der Waals surface area contributed by atoms with E-state index >= 15 is 0 Å². The SMILES string of the molecule is OC1(CNCCCn2ccnc2)CNCCOC1. The molecule has 0 aliphatic carbocycles. The maximum absolute atomic E-state index is 10.3. The Morgan fingerprint density at radius 3 is 3.33 bits per heavy atom. The van der Waals surface area contributed by atoms with Crippen LogP contribution in [0.15, 0.2) is 18.7 Å². The molecular weight excluding hydrogens is 232 g/mol. The van der Waals surface area contributed by atoms with Crippen LogP contribution in [-0.2, 0) is 11.3 Å². The highest BCUT2D eigenvalue weighted by Crippen LogP contribution is 2.05. The summed E-state index contributed by atoms with van der Waals surface area (Å²) in [5.41, 5.74) is -0.786. The highest BCUT2D eigenvalue weighted by atomic mass is 16.5. The van der Waals surface area contributed by atoms with Crippen molar-refractivity contribution < 1.29 is 9.84 Å². The van der Waals surface area contributed by atoms with Gasteiger partial charge in [0.15, 0.2) is 0 Å². The Balaban J connectivity index is 1.59. The number of nitrogens with one attached hydrogen (secondary N) is 2. The Morgan fingerprint density at radius 2 is 2.50 bits per heavy atom. The molecule has 0 aromatic carbocycles. The second kappa shape index (κ2) is 6.84. The van der Waals surface area contributed by atoms with Crippen molar-refractivity contribution in [2.24, 2.45) is 0 Å². The first-order valence-electron chi connectivity index (χ1n) is 6.46. The van der Waals surface area contributed by atoms with Crippen LogP contribution in [-0.4, -0.2) is 59.7 Å². The van der Waals surface area contributed by atoms with Crippen molar-refractivity contribution in [1.29, 1.82) is 0 Å². The standard InChI is InChI=1S/C12H22N4O2/c17-12(9-14-4-7-18-10-12)8-13-2-1-5-16-6-3-15-11-16/h3,6,11,13-14,17H,1-2,4-5,7-10H2. The third-order valence-corrected chi connectivity index (χ3v) is 3.03. The molecule has 1 aliphatic heterocycles. The van der Waals surface area contributed by atoms with Gasteiger partial charge in [-0.1, -0.05) is 0 Å². The Labute approximate surface area is 107 Å². The fraction of sp³-hybridized carbons (Fsp3) is 0.750. The highest BCUT2D eigenvalue weighted by molar-refractivity contribution is 4.85. The van der Waals surface area contributed by atoms with Gasteiger partial charge in [-0.25, -0.2) is 4.98 Å². The van der Waals surface area contributed by atoms with Gasteiger partial charge in [-0.15, -0.1) is 0 Å². The number of rotatable bonds is 6. The third-order valence-electron chi connectivity index (χ3n) is 3.03. The van der Waals surface area contributed by atoms with Gasteiger partial charge in [0.05, 0.1) is 19.5 Å². The Morgan fingerprint density at radius 1 is 1.56 bits per heavy atom. The van der Waals surface area contributed by atoms with Crippen LogP contribution in [0.25, 0.3) is 0 Å². The van der Waals surface area contributed by atoms with Crippen LogP contribution in [0, 0.1) is 0 Å². The average molecular weight is 254 g/mol. The van der Waals surface area contributed by atoms with Gasteiger partial charge < -0.3 is 25.0 Å². The molecule has 1 aliphatic rings. The molecule has 1 unspecified atom stereocenters. The molecule has 6 heteroatoms. The van der Waals surface area contributed by atoms with Gasteiger partial charge >= 0.3 is 0 Å². The van der Waals surface area contributed by atoms with Gasteiger partial charge in [-0.2, -0.15) is 0 Å². The summed E-state index contributed by atoms with van der Waals surface area (Å²) >= 11 is 0. The minimum absolute atomic E-state index is 0.397. The van der Waals surface area contributed by atoms with Gasteiger partial charge in [0.2, 0.25) is 0 Å². The molecule has 0 bridgehead atoms. The molecule has 0 saturated carbocycles. The van der Waals surface area contributed by atoms with Crippen LogP contribution in [0.2, 0.25) is 0 Å². The van der Waals surface area contributed by atoms with Crippen LogP contribution in [0.1, 0.15) is 6.42 Å². The molecule has 0 amide bonds.